The third kappa shape index (κ3) is 7.29. The number of hydrogen-bond acceptors (Lipinski definition) is 5. The van der Waals surface area contributed by atoms with Crippen molar-refractivity contribution in [2.45, 2.75) is 37.6 Å². The first-order valence-electron chi connectivity index (χ1n) is 12.6. The summed E-state index contributed by atoms with van der Waals surface area (Å²) in [6.07, 6.45) is -3.88. The number of alkyl halides is 3. The van der Waals surface area contributed by atoms with Gasteiger partial charge < -0.3 is 25.0 Å². The van der Waals surface area contributed by atoms with Crippen LogP contribution in [0.25, 0.3) is 0 Å². The third-order valence-corrected chi connectivity index (χ3v) is 6.49. The molecule has 1 heterocycles. The van der Waals surface area contributed by atoms with Crippen LogP contribution in [0.15, 0.2) is 78.9 Å². The normalized spacial score (nSPS) is 14.8. The fourth-order valence-corrected chi connectivity index (χ4v) is 4.55. The number of carbonyl (C=O) groups is 2. The maximum absolute atomic E-state index is 13.9. The number of halogens is 3. The van der Waals surface area contributed by atoms with Gasteiger partial charge in [-0.05, 0) is 61.3 Å². The molecule has 2 amide bonds. The van der Waals surface area contributed by atoms with Gasteiger partial charge >= 0.3 is 12.1 Å². The van der Waals surface area contributed by atoms with Crippen LogP contribution in [0, 0.1) is 0 Å². The maximum atomic E-state index is 13.9. The van der Waals surface area contributed by atoms with Gasteiger partial charge in [0.1, 0.15) is 11.8 Å². The van der Waals surface area contributed by atoms with Gasteiger partial charge in [0.2, 0.25) is 5.91 Å². The van der Waals surface area contributed by atoms with Gasteiger partial charge in [-0.2, -0.15) is 13.2 Å². The van der Waals surface area contributed by atoms with Crippen molar-refractivity contribution < 1.29 is 32.2 Å². The summed E-state index contributed by atoms with van der Waals surface area (Å²) in [5.74, 6) is -1.19. The summed E-state index contributed by atoms with van der Waals surface area (Å²) in [7, 11) is 1.54. The van der Waals surface area contributed by atoms with Gasteiger partial charge in [0.15, 0.2) is 11.5 Å². The fraction of sp³-hybridized carbons (Fsp3) is 0.310. The van der Waals surface area contributed by atoms with Crippen molar-refractivity contribution >= 4 is 11.8 Å². The first-order chi connectivity index (χ1) is 18.8. The number of nitrogens with one attached hydrogen (secondary N) is 2. The summed E-state index contributed by atoms with van der Waals surface area (Å²) in [6.45, 7) is 1.45. The summed E-state index contributed by atoms with van der Waals surface area (Å²) in [4.78, 5) is 27.4. The SMILES string of the molecule is COc1ccccc1Oc1cccc(CN(C(=O)C(NC(=O)C(F)(F)F)c2ccccc2)C2CCNCC2)c1. The van der Waals surface area contributed by atoms with Crippen LogP contribution < -0.4 is 20.1 Å². The molecule has 0 aromatic heterocycles. The molecule has 39 heavy (non-hydrogen) atoms. The molecule has 3 aromatic carbocycles. The van der Waals surface area contributed by atoms with Crippen LogP contribution in [-0.4, -0.2) is 49.1 Å². The minimum Gasteiger partial charge on any atom is -0.493 e. The minimum absolute atomic E-state index is 0.123. The van der Waals surface area contributed by atoms with E-state index in [9.17, 15) is 22.8 Å². The highest BCUT2D eigenvalue weighted by molar-refractivity contribution is 5.90. The van der Waals surface area contributed by atoms with E-state index in [1.807, 2.05) is 23.5 Å². The predicted molar refractivity (Wildman–Crippen MR) is 139 cm³/mol. The van der Waals surface area contributed by atoms with E-state index in [2.05, 4.69) is 5.32 Å². The molecule has 0 bridgehead atoms. The smallest absolute Gasteiger partial charge is 0.471 e. The van der Waals surface area contributed by atoms with Crippen LogP contribution in [0.1, 0.15) is 30.0 Å². The number of para-hydroxylation sites is 2. The number of methoxy groups -OCH3 is 1. The highest BCUT2D eigenvalue weighted by atomic mass is 19.4. The van der Waals surface area contributed by atoms with Crippen LogP contribution in [0.2, 0.25) is 0 Å². The standard InChI is InChI=1S/C29H30F3N3O4/c1-38-24-12-5-6-13-25(24)39-23-11-7-8-20(18-23)19-35(22-14-16-33-17-15-22)27(36)26(21-9-3-2-4-10-21)34-28(37)29(30,31)32/h2-13,18,22,26,33H,14-17,19H2,1H3,(H,34,37). The molecule has 10 heteroatoms. The van der Waals surface area contributed by atoms with Gasteiger partial charge in [0.25, 0.3) is 0 Å². The van der Waals surface area contributed by atoms with Gasteiger partial charge in [0.05, 0.1) is 7.11 Å². The van der Waals surface area contributed by atoms with E-state index in [0.717, 1.165) is 5.56 Å². The third-order valence-electron chi connectivity index (χ3n) is 6.49. The number of piperidine rings is 1. The number of benzene rings is 3. The molecule has 1 atom stereocenters. The van der Waals surface area contributed by atoms with E-state index in [0.29, 0.717) is 43.2 Å². The van der Waals surface area contributed by atoms with Crippen molar-refractivity contribution in [2.75, 3.05) is 20.2 Å². The molecule has 1 saturated heterocycles. The van der Waals surface area contributed by atoms with Gasteiger partial charge in [-0.15, -0.1) is 0 Å². The lowest BCUT2D eigenvalue weighted by Gasteiger charge is -2.37. The van der Waals surface area contributed by atoms with Crippen LogP contribution in [0.3, 0.4) is 0 Å². The first kappa shape index (κ1) is 28.0. The molecule has 206 valence electrons. The lowest BCUT2D eigenvalue weighted by molar-refractivity contribution is -0.175. The largest absolute Gasteiger partial charge is 0.493 e. The zero-order chi connectivity index (χ0) is 27.8. The second kappa shape index (κ2) is 12.7. The van der Waals surface area contributed by atoms with Crippen molar-refractivity contribution in [3.63, 3.8) is 0 Å². The van der Waals surface area contributed by atoms with Crippen LogP contribution in [0.4, 0.5) is 13.2 Å². The zero-order valence-electron chi connectivity index (χ0n) is 21.4. The molecule has 0 saturated carbocycles. The molecular formula is C29H30F3N3O4. The van der Waals surface area contributed by atoms with Gasteiger partial charge in [0, 0.05) is 12.6 Å². The summed E-state index contributed by atoms with van der Waals surface area (Å²) >= 11 is 0. The average molecular weight is 542 g/mol. The van der Waals surface area contributed by atoms with Crippen molar-refractivity contribution in [1.29, 1.82) is 0 Å². The molecule has 0 radical (unpaired) electrons. The second-order valence-electron chi connectivity index (χ2n) is 9.16. The number of hydrogen-bond donors (Lipinski definition) is 2. The molecule has 2 N–H and O–H groups in total. The average Bonchev–Trinajstić information content (AvgIpc) is 2.95. The zero-order valence-corrected chi connectivity index (χ0v) is 21.4. The summed E-state index contributed by atoms with van der Waals surface area (Å²) in [5.41, 5.74) is 0.996. The van der Waals surface area contributed by atoms with Gasteiger partial charge in [-0.25, -0.2) is 0 Å². The van der Waals surface area contributed by atoms with E-state index >= 15 is 0 Å². The number of nitrogens with zero attached hydrogens (tertiary/aromatic N) is 1. The Bertz CT molecular complexity index is 1260. The van der Waals surface area contributed by atoms with Gasteiger partial charge in [-0.1, -0.05) is 54.6 Å². The summed E-state index contributed by atoms with van der Waals surface area (Å²) < 4.78 is 51.0. The topological polar surface area (TPSA) is 79.9 Å². The van der Waals surface area contributed by atoms with Crippen molar-refractivity contribution in [3.05, 3.63) is 90.0 Å². The van der Waals surface area contributed by atoms with Crippen LogP contribution >= 0.6 is 0 Å². The van der Waals surface area contributed by atoms with E-state index in [-0.39, 0.29) is 18.2 Å². The highest BCUT2D eigenvalue weighted by Gasteiger charge is 2.42. The molecule has 7 nitrogen and oxygen atoms in total. The second-order valence-corrected chi connectivity index (χ2v) is 9.16. The molecule has 0 aliphatic carbocycles. The van der Waals surface area contributed by atoms with Crippen LogP contribution in [-0.2, 0) is 16.1 Å². The Kier molecular flexibility index (Phi) is 9.08. The van der Waals surface area contributed by atoms with E-state index in [4.69, 9.17) is 9.47 Å². The molecule has 1 fully saturated rings. The molecule has 0 spiro atoms. The molecule has 1 unspecified atom stereocenters. The fourth-order valence-electron chi connectivity index (χ4n) is 4.55. The molecule has 4 rings (SSSR count). The Labute approximate surface area is 224 Å². The van der Waals surface area contributed by atoms with Crippen molar-refractivity contribution in [3.8, 4) is 17.2 Å². The maximum Gasteiger partial charge on any atom is 0.471 e. The number of carbonyl (C=O) groups excluding carboxylic acids is 2. The summed E-state index contributed by atoms with van der Waals surface area (Å²) in [5, 5.41) is 5.17. The Hall–Kier alpha value is -4.05. The minimum atomic E-state index is -5.13. The Morgan fingerprint density at radius 3 is 2.31 bits per heavy atom. The number of ether oxygens (including phenoxy) is 2. The monoisotopic (exact) mass is 541 g/mol. The lowest BCUT2D eigenvalue weighted by atomic mass is 9.99. The molecule has 1 aliphatic heterocycles. The first-order valence-corrected chi connectivity index (χ1v) is 12.6. The number of amides is 2. The van der Waals surface area contributed by atoms with Crippen LogP contribution in [0.5, 0.6) is 17.2 Å². The predicted octanol–water partition coefficient (Wildman–Crippen LogP) is 4.99. The summed E-state index contributed by atoms with van der Waals surface area (Å²) in [6, 6.07) is 20.6. The van der Waals surface area contributed by atoms with Gasteiger partial charge in [-0.3, -0.25) is 9.59 Å². The quantitative estimate of drug-likeness (QED) is 0.399. The molecular weight excluding hydrogens is 511 g/mol. The van der Waals surface area contributed by atoms with E-state index in [1.54, 1.807) is 60.5 Å². The van der Waals surface area contributed by atoms with Crippen molar-refractivity contribution in [2.24, 2.45) is 0 Å². The Morgan fingerprint density at radius 1 is 0.974 bits per heavy atom. The number of rotatable bonds is 9. The van der Waals surface area contributed by atoms with E-state index in [1.165, 1.54) is 12.1 Å². The lowest BCUT2D eigenvalue weighted by Crippen LogP contribution is -2.51. The van der Waals surface area contributed by atoms with Crippen molar-refractivity contribution in [1.82, 2.24) is 15.5 Å². The Balaban J connectivity index is 1.63. The molecule has 1 aliphatic rings. The highest BCUT2D eigenvalue weighted by Crippen LogP contribution is 2.32. The van der Waals surface area contributed by atoms with E-state index < -0.39 is 24.0 Å². The molecule has 3 aromatic rings. The Morgan fingerprint density at radius 2 is 1.64 bits per heavy atom.